The first-order chi connectivity index (χ1) is 7.16. The van der Waals surface area contributed by atoms with Gasteiger partial charge in [0.2, 0.25) is 0 Å². The molecular formula is C12H18N2O. The van der Waals surface area contributed by atoms with Gasteiger partial charge in [0.15, 0.2) is 0 Å². The SMILES string of the molecule is CC1CC(C)CN(C(=O)c2ccc[nH]2)C1. The van der Waals surface area contributed by atoms with E-state index >= 15 is 0 Å². The molecule has 3 heteroatoms. The zero-order valence-corrected chi connectivity index (χ0v) is 9.36. The second-order valence-corrected chi connectivity index (χ2v) is 4.74. The molecule has 2 heterocycles. The van der Waals surface area contributed by atoms with Crippen molar-refractivity contribution < 1.29 is 4.79 Å². The summed E-state index contributed by atoms with van der Waals surface area (Å²) in [5.41, 5.74) is 0.705. The molecule has 0 bridgehead atoms. The van der Waals surface area contributed by atoms with E-state index in [4.69, 9.17) is 0 Å². The van der Waals surface area contributed by atoms with E-state index in [0.29, 0.717) is 17.5 Å². The molecule has 2 atom stereocenters. The monoisotopic (exact) mass is 206 g/mol. The number of carbonyl (C=O) groups is 1. The van der Waals surface area contributed by atoms with Gasteiger partial charge in [0, 0.05) is 19.3 Å². The largest absolute Gasteiger partial charge is 0.357 e. The number of aromatic nitrogens is 1. The number of nitrogens with one attached hydrogen (secondary N) is 1. The van der Waals surface area contributed by atoms with Crippen LogP contribution >= 0.6 is 0 Å². The number of piperidine rings is 1. The summed E-state index contributed by atoms with van der Waals surface area (Å²) in [6.45, 7) is 6.21. The van der Waals surface area contributed by atoms with Crippen LogP contribution in [0, 0.1) is 11.8 Å². The van der Waals surface area contributed by atoms with Crippen molar-refractivity contribution in [2.45, 2.75) is 20.3 Å². The highest BCUT2D eigenvalue weighted by atomic mass is 16.2. The molecule has 2 unspecified atom stereocenters. The van der Waals surface area contributed by atoms with Gasteiger partial charge in [0.25, 0.3) is 5.91 Å². The lowest BCUT2D eigenvalue weighted by Gasteiger charge is -2.34. The molecule has 1 aliphatic heterocycles. The molecule has 0 radical (unpaired) electrons. The van der Waals surface area contributed by atoms with Crippen molar-refractivity contribution in [1.82, 2.24) is 9.88 Å². The molecule has 0 saturated carbocycles. The van der Waals surface area contributed by atoms with Crippen molar-refractivity contribution in [3.63, 3.8) is 0 Å². The van der Waals surface area contributed by atoms with E-state index in [1.165, 1.54) is 6.42 Å². The minimum Gasteiger partial charge on any atom is -0.357 e. The Bertz CT molecular complexity index is 321. The van der Waals surface area contributed by atoms with Gasteiger partial charge in [-0.05, 0) is 30.4 Å². The zero-order valence-electron chi connectivity index (χ0n) is 9.36. The predicted molar refractivity (Wildman–Crippen MR) is 59.6 cm³/mol. The molecule has 1 N–H and O–H groups in total. The number of aromatic amines is 1. The Kier molecular flexibility index (Phi) is 2.80. The molecule has 3 nitrogen and oxygen atoms in total. The van der Waals surface area contributed by atoms with Crippen LogP contribution in [-0.2, 0) is 0 Å². The van der Waals surface area contributed by atoms with E-state index in [-0.39, 0.29) is 5.91 Å². The van der Waals surface area contributed by atoms with E-state index < -0.39 is 0 Å². The second-order valence-electron chi connectivity index (χ2n) is 4.74. The van der Waals surface area contributed by atoms with Crippen LogP contribution in [0.3, 0.4) is 0 Å². The van der Waals surface area contributed by atoms with Gasteiger partial charge in [-0.2, -0.15) is 0 Å². The molecule has 1 fully saturated rings. The van der Waals surface area contributed by atoms with Crippen molar-refractivity contribution in [2.24, 2.45) is 11.8 Å². The summed E-state index contributed by atoms with van der Waals surface area (Å²) in [5.74, 6) is 1.37. The third kappa shape index (κ3) is 2.22. The topological polar surface area (TPSA) is 36.1 Å². The number of rotatable bonds is 1. The van der Waals surface area contributed by atoms with Gasteiger partial charge >= 0.3 is 0 Å². The first kappa shape index (κ1) is 10.3. The first-order valence-electron chi connectivity index (χ1n) is 5.59. The molecule has 2 rings (SSSR count). The standard InChI is InChI=1S/C12H18N2O/c1-9-6-10(2)8-14(7-9)12(15)11-4-3-5-13-11/h3-5,9-10,13H,6-8H2,1-2H3. The van der Waals surface area contributed by atoms with Gasteiger partial charge in [-0.3, -0.25) is 4.79 Å². The lowest BCUT2D eigenvalue weighted by molar-refractivity contribution is 0.0618. The van der Waals surface area contributed by atoms with E-state index in [0.717, 1.165) is 13.1 Å². The van der Waals surface area contributed by atoms with Crippen LogP contribution in [0.2, 0.25) is 0 Å². The molecule has 1 amide bonds. The van der Waals surface area contributed by atoms with Crippen LogP contribution in [0.5, 0.6) is 0 Å². The van der Waals surface area contributed by atoms with Crippen LogP contribution in [0.15, 0.2) is 18.3 Å². The molecule has 0 spiro atoms. The summed E-state index contributed by atoms with van der Waals surface area (Å²) in [5, 5.41) is 0. The maximum Gasteiger partial charge on any atom is 0.270 e. The third-order valence-corrected chi connectivity index (χ3v) is 2.98. The fraction of sp³-hybridized carbons (Fsp3) is 0.583. The van der Waals surface area contributed by atoms with Crippen molar-refractivity contribution in [2.75, 3.05) is 13.1 Å². The van der Waals surface area contributed by atoms with Crippen LogP contribution in [0.4, 0.5) is 0 Å². The normalized spacial score (nSPS) is 26.7. The number of hydrogen-bond acceptors (Lipinski definition) is 1. The third-order valence-electron chi connectivity index (χ3n) is 2.98. The Morgan fingerprint density at radius 3 is 2.60 bits per heavy atom. The lowest BCUT2D eigenvalue weighted by atomic mass is 9.92. The van der Waals surface area contributed by atoms with Crippen molar-refractivity contribution in [3.05, 3.63) is 24.0 Å². The lowest BCUT2D eigenvalue weighted by Crippen LogP contribution is -2.42. The van der Waals surface area contributed by atoms with Crippen molar-refractivity contribution >= 4 is 5.91 Å². The number of amides is 1. The van der Waals surface area contributed by atoms with Crippen molar-refractivity contribution in [1.29, 1.82) is 0 Å². The molecule has 82 valence electrons. The average Bonchev–Trinajstić information content (AvgIpc) is 2.67. The molecular weight excluding hydrogens is 188 g/mol. The van der Waals surface area contributed by atoms with E-state index in [1.54, 1.807) is 6.20 Å². The van der Waals surface area contributed by atoms with E-state index in [2.05, 4.69) is 18.8 Å². The molecule has 1 aromatic rings. The average molecular weight is 206 g/mol. The summed E-state index contributed by atoms with van der Waals surface area (Å²) in [6, 6.07) is 3.70. The Labute approximate surface area is 90.5 Å². The van der Waals surface area contributed by atoms with E-state index in [1.807, 2.05) is 17.0 Å². The maximum atomic E-state index is 12.0. The Balaban J connectivity index is 2.07. The number of H-pyrrole nitrogens is 1. The highest BCUT2D eigenvalue weighted by Gasteiger charge is 2.26. The quantitative estimate of drug-likeness (QED) is 0.750. The van der Waals surface area contributed by atoms with Crippen LogP contribution in [0.1, 0.15) is 30.8 Å². The minimum atomic E-state index is 0.137. The molecule has 1 saturated heterocycles. The summed E-state index contributed by atoms with van der Waals surface area (Å²) >= 11 is 0. The highest BCUT2D eigenvalue weighted by Crippen LogP contribution is 2.22. The molecule has 0 aromatic carbocycles. The number of nitrogens with zero attached hydrogens (tertiary/aromatic N) is 1. The molecule has 15 heavy (non-hydrogen) atoms. The maximum absolute atomic E-state index is 12.0. The van der Waals surface area contributed by atoms with Gasteiger partial charge in [0.05, 0.1) is 0 Å². The predicted octanol–water partition coefficient (Wildman–Crippen LogP) is 2.13. The van der Waals surface area contributed by atoms with Crippen LogP contribution < -0.4 is 0 Å². The van der Waals surface area contributed by atoms with Gasteiger partial charge in [-0.25, -0.2) is 0 Å². The van der Waals surface area contributed by atoms with E-state index in [9.17, 15) is 4.79 Å². The molecule has 1 aromatic heterocycles. The van der Waals surface area contributed by atoms with Gasteiger partial charge in [-0.1, -0.05) is 13.8 Å². The summed E-state index contributed by atoms with van der Waals surface area (Å²) in [6.07, 6.45) is 3.03. The fourth-order valence-electron chi connectivity index (χ4n) is 2.46. The number of hydrogen-bond donors (Lipinski definition) is 1. The van der Waals surface area contributed by atoms with Crippen LogP contribution in [-0.4, -0.2) is 28.9 Å². The Hall–Kier alpha value is -1.25. The minimum absolute atomic E-state index is 0.137. The zero-order chi connectivity index (χ0) is 10.8. The van der Waals surface area contributed by atoms with Gasteiger partial charge in [-0.15, -0.1) is 0 Å². The fourth-order valence-corrected chi connectivity index (χ4v) is 2.46. The summed E-state index contributed by atoms with van der Waals surface area (Å²) in [4.78, 5) is 17.0. The molecule has 0 aliphatic carbocycles. The smallest absolute Gasteiger partial charge is 0.270 e. The van der Waals surface area contributed by atoms with Gasteiger partial charge in [0.1, 0.15) is 5.69 Å². The second kappa shape index (κ2) is 4.09. The van der Waals surface area contributed by atoms with Crippen molar-refractivity contribution in [3.8, 4) is 0 Å². The molecule has 1 aliphatic rings. The summed E-state index contributed by atoms with van der Waals surface area (Å²) in [7, 11) is 0. The Morgan fingerprint density at radius 2 is 2.07 bits per heavy atom. The number of likely N-dealkylation sites (tertiary alicyclic amines) is 1. The van der Waals surface area contributed by atoms with Crippen LogP contribution in [0.25, 0.3) is 0 Å². The first-order valence-corrected chi connectivity index (χ1v) is 5.59. The van der Waals surface area contributed by atoms with Gasteiger partial charge < -0.3 is 9.88 Å². The highest BCUT2D eigenvalue weighted by molar-refractivity contribution is 5.92. The summed E-state index contributed by atoms with van der Waals surface area (Å²) < 4.78 is 0. The Morgan fingerprint density at radius 1 is 1.40 bits per heavy atom. The number of carbonyl (C=O) groups excluding carboxylic acids is 1.